The Balaban J connectivity index is 1.69. The van der Waals surface area contributed by atoms with Gasteiger partial charge < -0.3 is 10.6 Å². The van der Waals surface area contributed by atoms with Gasteiger partial charge in [-0.3, -0.25) is 9.59 Å². The summed E-state index contributed by atoms with van der Waals surface area (Å²) in [6.07, 6.45) is 0. The van der Waals surface area contributed by atoms with Gasteiger partial charge in [0.15, 0.2) is 0 Å². The third-order valence-electron chi connectivity index (χ3n) is 4.26. The van der Waals surface area contributed by atoms with Gasteiger partial charge in [-0.05, 0) is 29.3 Å². The predicted molar refractivity (Wildman–Crippen MR) is 108 cm³/mol. The lowest BCUT2D eigenvalue weighted by molar-refractivity contribution is -0.136. The van der Waals surface area contributed by atoms with Gasteiger partial charge in [-0.15, -0.1) is 0 Å². The third kappa shape index (κ3) is 4.96. The number of carbonyl (C=O) groups is 2. The number of carbonyl (C=O) groups excluding carboxylic acids is 2. The Kier molecular flexibility index (Phi) is 6.40. The van der Waals surface area contributed by atoms with Crippen LogP contribution in [0.4, 0.5) is 10.1 Å². The molecular formula is C22H18ClFN2O2. The molecule has 0 saturated carbocycles. The summed E-state index contributed by atoms with van der Waals surface area (Å²) in [4.78, 5) is 24.3. The molecule has 0 fully saturated rings. The summed E-state index contributed by atoms with van der Waals surface area (Å²) in [5.41, 5.74) is 1.92. The van der Waals surface area contributed by atoms with Crippen LogP contribution >= 0.6 is 11.6 Å². The van der Waals surface area contributed by atoms with Gasteiger partial charge in [0.05, 0.1) is 5.69 Å². The number of benzene rings is 3. The first-order valence-electron chi connectivity index (χ1n) is 8.68. The van der Waals surface area contributed by atoms with Crippen molar-refractivity contribution in [2.45, 2.75) is 5.92 Å². The van der Waals surface area contributed by atoms with Crippen LogP contribution in [-0.4, -0.2) is 18.4 Å². The molecule has 3 aromatic rings. The average molecular weight is 397 g/mol. The lowest BCUT2D eigenvalue weighted by atomic mass is 9.91. The topological polar surface area (TPSA) is 58.2 Å². The molecule has 0 aromatic heterocycles. The van der Waals surface area contributed by atoms with Gasteiger partial charge in [-0.2, -0.15) is 0 Å². The lowest BCUT2D eigenvalue weighted by Gasteiger charge is -2.18. The second-order valence-electron chi connectivity index (χ2n) is 6.16. The van der Waals surface area contributed by atoms with E-state index in [1.54, 1.807) is 0 Å². The van der Waals surface area contributed by atoms with E-state index in [9.17, 15) is 14.0 Å². The van der Waals surface area contributed by atoms with Crippen molar-refractivity contribution in [2.75, 3.05) is 11.9 Å². The Bertz CT molecular complexity index is 925. The van der Waals surface area contributed by atoms with Crippen molar-refractivity contribution in [1.82, 2.24) is 5.32 Å². The van der Waals surface area contributed by atoms with E-state index in [2.05, 4.69) is 10.6 Å². The molecular weight excluding hydrogens is 379 g/mol. The summed E-state index contributed by atoms with van der Waals surface area (Å²) in [5.74, 6) is -2.61. The van der Waals surface area contributed by atoms with Crippen molar-refractivity contribution in [2.24, 2.45) is 0 Å². The standard InChI is InChI=1S/C22H18ClFN2O2/c23-17-11-12-20(19(24)13-17)26-22(28)21(27)25-14-18(15-7-3-1-4-8-15)16-9-5-2-6-10-16/h1-13,18H,14H2,(H,25,27)(H,26,28). The van der Waals surface area contributed by atoms with E-state index in [1.807, 2.05) is 60.7 Å². The summed E-state index contributed by atoms with van der Waals surface area (Å²) in [6.45, 7) is 0.226. The van der Waals surface area contributed by atoms with Crippen LogP contribution in [-0.2, 0) is 9.59 Å². The van der Waals surface area contributed by atoms with Gasteiger partial charge >= 0.3 is 11.8 Å². The molecule has 2 N–H and O–H groups in total. The molecule has 3 aromatic carbocycles. The fourth-order valence-electron chi connectivity index (χ4n) is 2.84. The smallest absolute Gasteiger partial charge is 0.313 e. The largest absolute Gasteiger partial charge is 0.347 e. The van der Waals surface area contributed by atoms with Crippen LogP contribution < -0.4 is 10.6 Å². The van der Waals surface area contributed by atoms with Crippen molar-refractivity contribution in [1.29, 1.82) is 0 Å². The van der Waals surface area contributed by atoms with Gasteiger partial charge in [-0.25, -0.2) is 4.39 Å². The molecule has 0 aliphatic heterocycles. The zero-order valence-corrected chi connectivity index (χ0v) is 15.6. The summed E-state index contributed by atoms with van der Waals surface area (Å²) >= 11 is 5.69. The highest BCUT2D eigenvalue weighted by molar-refractivity contribution is 6.39. The summed E-state index contributed by atoms with van der Waals surface area (Å²) < 4.78 is 13.8. The van der Waals surface area contributed by atoms with Gasteiger partial charge in [0.1, 0.15) is 5.82 Å². The second-order valence-corrected chi connectivity index (χ2v) is 6.60. The quantitative estimate of drug-likeness (QED) is 0.629. The van der Waals surface area contributed by atoms with Gasteiger partial charge in [0.2, 0.25) is 0 Å². The fraction of sp³-hybridized carbons (Fsp3) is 0.0909. The van der Waals surface area contributed by atoms with Gasteiger partial charge in [0, 0.05) is 17.5 Å². The zero-order valence-electron chi connectivity index (χ0n) is 14.9. The van der Waals surface area contributed by atoms with E-state index in [0.717, 1.165) is 17.2 Å². The van der Waals surface area contributed by atoms with Crippen LogP contribution in [0.3, 0.4) is 0 Å². The number of rotatable bonds is 5. The van der Waals surface area contributed by atoms with Crippen LogP contribution in [0.5, 0.6) is 0 Å². The van der Waals surface area contributed by atoms with E-state index >= 15 is 0 Å². The number of hydrogen-bond acceptors (Lipinski definition) is 2. The van der Waals surface area contributed by atoms with Crippen LogP contribution in [0.1, 0.15) is 17.0 Å². The van der Waals surface area contributed by atoms with Crippen LogP contribution in [0, 0.1) is 5.82 Å². The molecule has 0 aliphatic carbocycles. The van der Waals surface area contributed by atoms with Crippen molar-refractivity contribution >= 4 is 29.1 Å². The Hall–Kier alpha value is -3.18. The molecule has 28 heavy (non-hydrogen) atoms. The van der Waals surface area contributed by atoms with E-state index < -0.39 is 17.6 Å². The first kappa shape index (κ1) is 19.6. The predicted octanol–water partition coefficient (Wildman–Crippen LogP) is 4.37. The third-order valence-corrected chi connectivity index (χ3v) is 4.49. The van der Waals surface area contributed by atoms with E-state index in [-0.39, 0.29) is 23.2 Å². The van der Waals surface area contributed by atoms with Crippen LogP contribution in [0.25, 0.3) is 0 Å². The minimum absolute atomic E-state index is 0.104. The molecule has 3 rings (SSSR count). The molecule has 6 heteroatoms. The molecule has 0 radical (unpaired) electrons. The Morgan fingerprint density at radius 3 is 1.96 bits per heavy atom. The number of amides is 2. The normalized spacial score (nSPS) is 10.5. The Morgan fingerprint density at radius 1 is 0.857 bits per heavy atom. The highest BCUT2D eigenvalue weighted by Gasteiger charge is 2.19. The molecule has 0 aliphatic rings. The Morgan fingerprint density at radius 2 is 1.43 bits per heavy atom. The summed E-state index contributed by atoms with van der Waals surface area (Å²) in [5, 5.41) is 5.09. The maximum Gasteiger partial charge on any atom is 0.313 e. The van der Waals surface area contributed by atoms with E-state index in [1.165, 1.54) is 12.1 Å². The molecule has 0 atom stereocenters. The SMILES string of the molecule is O=C(NCC(c1ccccc1)c1ccccc1)C(=O)Nc1ccc(Cl)cc1F. The van der Waals surface area contributed by atoms with Crippen molar-refractivity contribution in [3.05, 3.63) is 101 Å². The zero-order chi connectivity index (χ0) is 19.9. The minimum Gasteiger partial charge on any atom is -0.347 e. The van der Waals surface area contributed by atoms with Crippen molar-refractivity contribution in [3.8, 4) is 0 Å². The molecule has 0 spiro atoms. The molecule has 4 nitrogen and oxygen atoms in total. The monoisotopic (exact) mass is 396 g/mol. The van der Waals surface area contributed by atoms with Gasteiger partial charge in [-0.1, -0.05) is 72.3 Å². The van der Waals surface area contributed by atoms with Crippen LogP contribution in [0.2, 0.25) is 5.02 Å². The molecule has 0 saturated heterocycles. The van der Waals surface area contributed by atoms with Crippen molar-refractivity contribution < 1.29 is 14.0 Å². The molecule has 142 valence electrons. The molecule has 0 heterocycles. The minimum atomic E-state index is -0.943. The maximum atomic E-state index is 13.8. The van der Waals surface area contributed by atoms with Crippen LogP contribution in [0.15, 0.2) is 78.9 Å². The molecule has 2 amide bonds. The first-order valence-corrected chi connectivity index (χ1v) is 9.06. The highest BCUT2D eigenvalue weighted by atomic mass is 35.5. The van der Waals surface area contributed by atoms with E-state index in [4.69, 9.17) is 11.6 Å². The number of anilines is 1. The first-order chi connectivity index (χ1) is 13.5. The van der Waals surface area contributed by atoms with Crippen molar-refractivity contribution in [3.63, 3.8) is 0 Å². The number of halogens is 2. The van der Waals surface area contributed by atoms with Gasteiger partial charge in [0.25, 0.3) is 0 Å². The van der Waals surface area contributed by atoms with E-state index in [0.29, 0.717) is 0 Å². The Labute approximate surface area is 167 Å². The second kappa shape index (κ2) is 9.15. The maximum absolute atomic E-state index is 13.8. The molecule has 0 bridgehead atoms. The average Bonchev–Trinajstić information content (AvgIpc) is 2.71. The number of nitrogens with one attached hydrogen (secondary N) is 2. The summed E-state index contributed by atoms with van der Waals surface area (Å²) in [7, 11) is 0. The number of hydrogen-bond donors (Lipinski definition) is 2. The highest BCUT2D eigenvalue weighted by Crippen LogP contribution is 2.23. The lowest BCUT2D eigenvalue weighted by Crippen LogP contribution is -2.38. The fourth-order valence-corrected chi connectivity index (χ4v) is 3.00. The molecule has 0 unspecified atom stereocenters. The summed E-state index contributed by atoms with van der Waals surface area (Å²) in [6, 6.07) is 23.2.